The number of carbonyl (C=O) groups excluding carboxylic acids is 1. The molecule has 0 saturated heterocycles. The average Bonchev–Trinajstić information content (AvgIpc) is 2.48. The van der Waals surface area contributed by atoms with Gasteiger partial charge in [0, 0.05) is 6.42 Å². The van der Waals surface area contributed by atoms with Crippen LogP contribution >= 0.6 is 12.6 Å². The highest BCUT2D eigenvalue weighted by Gasteiger charge is 2.41. The second-order valence-corrected chi connectivity index (χ2v) is 3.35. The van der Waals surface area contributed by atoms with Gasteiger partial charge in [-0.2, -0.15) is 12.6 Å². The van der Waals surface area contributed by atoms with Gasteiger partial charge in [0.2, 0.25) is 0 Å². The van der Waals surface area contributed by atoms with Crippen molar-refractivity contribution in [3.05, 3.63) is 0 Å². The smallest absolute Gasteiger partial charge is 0.130 e. The zero-order valence-electron chi connectivity index (χ0n) is 5.68. The fourth-order valence-electron chi connectivity index (χ4n) is 1.10. The zero-order chi connectivity index (χ0) is 6.91. The summed E-state index contributed by atoms with van der Waals surface area (Å²) < 4.78 is 0. The number of Topliss-reactive ketones (excluding diaryl/α,β-unsaturated/α-hetero) is 1. The number of thiol groups is 1. The summed E-state index contributed by atoms with van der Waals surface area (Å²) in [5.41, 5.74) is 0.328. The molecule has 0 radical (unpaired) electrons. The van der Waals surface area contributed by atoms with Crippen molar-refractivity contribution in [2.24, 2.45) is 5.41 Å². The lowest BCUT2D eigenvalue weighted by Crippen LogP contribution is -2.07. The summed E-state index contributed by atoms with van der Waals surface area (Å²) in [6, 6.07) is 0. The molecule has 0 aromatic rings. The van der Waals surface area contributed by atoms with Gasteiger partial charge in [-0.25, -0.2) is 0 Å². The maximum Gasteiger partial charge on any atom is 0.130 e. The van der Waals surface area contributed by atoms with Gasteiger partial charge in [-0.1, -0.05) is 7.43 Å². The second-order valence-electron chi connectivity index (χ2n) is 3.04. The van der Waals surface area contributed by atoms with Gasteiger partial charge in [0.1, 0.15) is 5.78 Å². The largest absolute Gasteiger partial charge is 0.300 e. The highest BCUT2D eigenvalue weighted by molar-refractivity contribution is 7.80. The Morgan fingerprint density at radius 3 is 2.20 bits per heavy atom. The van der Waals surface area contributed by atoms with E-state index in [1.54, 1.807) is 6.92 Å². The fraction of sp³-hybridized carbons (Fsp3) is 0.875. The molecule has 0 heterocycles. The van der Waals surface area contributed by atoms with Gasteiger partial charge in [-0.05, 0) is 30.9 Å². The normalized spacial score (nSPS) is 19.4. The zero-order valence-corrected chi connectivity index (χ0v) is 6.58. The van der Waals surface area contributed by atoms with Crippen molar-refractivity contribution in [2.75, 3.05) is 5.75 Å². The van der Waals surface area contributed by atoms with Crippen LogP contribution < -0.4 is 0 Å². The van der Waals surface area contributed by atoms with Crippen molar-refractivity contribution in [3.63, 3.8) is 0 Å². The molecule has 1 aliphatic rings. The van der Waals surface area contributed by atoms with E-state index in [1.165, 1.54) is 12.8 Å². The van der Waals surface area contributed by atoms with E-state index in [0.29, 0.717) is 11.2 Å². The van der Waals surface area contributed by atoms with Crippen molar-refractivity contribution in [1.82, 2.24) is 0 Å². The predicted octanol–water partition coefficient (Wildman–Crippen LogP) is 2.31. The van der Waals surface area contributed by atoms with E-state index in [9.17, 15) is 4.79 Å². The minimum absolute atomic E-state index is 0. The summed E-state index contributed by atoms with van der Waals surface area (Å²) in [6.07, 6.45) is 3.16. The molecule has 1 nitrogen and oxygen atoms in total. The Hall–Kier alpha value is 0.0200. The van der Waals surface area contributed by atoms with Crippen molar-refractivity contribution in [2.45, 2.75) is 33.6 Å². The van der Waals surface area contributed by atoms with Crippen LogP contribution in [0.4, 0.5) is 0 Å². The molecule has 1 saturated carbocycles. The first-order chi connectivity index (χ1) is 4.18. The van der Waals surface area contributed by atoms with Gasteiger partial charge >= 0.3 is 0 Å². The van der Waals surface area contributed by atoms with E-state index in [2.05, 4.69) is 12.6 Å². The van der Waals surface area contributed by atoms with Gasteiger partial charge in [0.25, 0.3) is 0 Å². The Bertz CT molecular complexity index is 127. The van der Waals surface area contributed by atoms with E-state index >= 15 is 0 Å². The maximum atomic E-state index is 10.6. The summed E-state index contributed by atoms with van der Waals surface area (Å²) in [7, 11) is 0. The third-order valence-corrected chi connectivity index (χ3v) is 2.59. The average molecular weight is 160 g/mol. The monoisotopic (exact) mass is 160 g/mol. The van der Waals surface area contributed by atoms with E-state index in [0.717, 1.165) is 12.2 Å². The lowest BCUT2D eigenvalue weighted by Gasteiger charge is -2.06. The molecular formula is C8H16OS. The summed E-state index contributed by atoms with van der Waals surface area (Å²) in [6.45, 7) is 1.66. The van der Waals surface area contributed by atoms with Crippen LogP contribution in [0.15, 0.2) is 0 Å². The molecule has 1 aliphatic carbocycles. The van der Waals surface area contributed by atoms with Crippen molar-refractivity contribution in [1.29, 1.82) is 0 Å². The maximum absolute atomic E-state index is 10.6. The van der Waals surface area contributed by atoms with Gasteiger partial charge < -0.3 is 4.79 Å². The van der Waals surface area contributed by atoms with E-state index in [1.807, 2.05) is 0 Å². The minimum Gasteiger partial charge on any atom is -0.300 e. The third-order valence-electron chi connectivity index (χ3n) is 1.92. The van der Waals surface area contributed by atoms with Crippen LogP contribution in [0.25, 0.3) is 0 Å². The van der Waals surface area contributed by atoms with Crippen LogP contribution in [0.5, 0.6) is 0 Å². The van der Waals surface area contributed by atoms with Crippen LogP contribution in [0.1, 0.15) is 33.6 Å². The molecule has 0 N–H and O–H groups in total. The van der Waals surface area contributed by atoms with Crippen LogP contribution in [-0.2, 0) is 4.79 Å². The van der Waals surface area contributed by atoms with Crippen molar-refractivity contribution in [3.8, 4) is 0 Å². The summed E-state index contributed by atoms with van der Waals surface area (Å²) in [5.74, 6) is 1.19. The quantitative estimate of drug-likeness (QED) is 0.627. The third kappa shape index (κ3) is 2.33. The number of rotatable bonds is 3. The molecule has 2 heteroatoms. The number of carbonyl (C=O) groups is 1. The van der Waals surface area contributed by atoms with Crippen molar-refractivity contribution >= 4 is 18.4 Å². The number of ketones is 1. The highest BCUT2D eigenvalue weighted by Crippen LogP contribution is 2.49. The van der Waals surface area contributed by atoms with E-state index in [-0.39, 0.29) is 7.43 Å². The molecule has 0 aromatic carbocycles. The second kappa shape index (κ2) is 3.42. The first kappa shape index (κ1) is 10.0. The molecule has 0 spiro atoms. The van der Waals surface area contributed by atoms with Crippen LogP contribution in [0.3, 0.4) is 0 Å². The highest BCUT2D eigenvalue weighted by atomic mass is 32.1. The Labute approximate surface area is 68.6 Å². The van der Waals surface area contributed by atoms with E-state index in [4.69, 9.17) is 0 Å². The molecule has 0 atom stereocenters. The van der Waals surface area contributed by atoms with Crippen LogP contribution in [-0.4, -0.2) is 11.5 Å². The molecule has 1 fully saturated rings. The Morgan fingerprint density at radius 2 is 2.10 bits per heavy atom. The Kier molecular flexibility index (Phi) is 3.43. The van der Waals surface area contributed by atoms with Crippen LogP contribution in [0, 0.1) is 5.41 Å². The first-order valence-electron chi connectivity index (χ1n) is 3.29. The first-order valence-corrected chi connectivity index (χ1v) is 3.92. The molecular weight excluding hydrogens is 144 g/mol. The SMILES string of the molecule is C.CC(=O)CC1(CS)CC1. The van der Waals surface area contributed by atoms with Crippen molar-refractivity contribution < 1.29 is 4.79 Å². The van der Waals surface area contributed by atoms with Crippen LogP contribution in [0.2, 0.25) is 0 Å². The summed E-state index contributed by atoms with van der Waals surface area (Å²) in [5, 5.41) is 0. The van der Waals surface area contributed by atoms with Gasteiger partial charge in [0.05, 0.1) is 0 Å². The van der Waals surface area contributed by atoms with Gasteiger partial charge in [0.15, 0.2) is 0 Å². The molecule has 0 aliphatic heterocycles. The Morgan fingerprint density at radius 1 is 1.60 bits per heavy atom. The van der Waals surface area contributed by atoms with Gasteiger partial charge in [-0.3, -0.25) is 0 Å². The number of hydrogen-bond acceptors (Lipinski definition) is 2. The Balaban J connectivity index is 0.000000810. The molecule has 0 bridgehead atoms. The minimum atomic E-state index is 0. The predicted molar refractivity (Wildman–Crippen MR) is 47.5 cm³/mol. The molecule has 60 valence electrons. The summed E-state index contributed by atoms with van der Waals surface area (Å²) in [4.78, 5) is 10.6. The topological polar surface area (TPSA) is 17.1 Å². The van der Waals surface area contributed by atoms with E-state index < -0.39 is 0 Å². The standard InChI is InChI=1S/C7H12OS.CH4/c1-6(8)4-7(5-9)2-3-7;/h9H,2-5H2,1H3;1H4. The van der Waals surface area contributed by atoms with Gasteiger partial charge in [-0.15, -0.1) is 0 Å². The summed E-state index contributed by atoms with van der Waals surface area (Å²) >= 11 is 4.19. The molecule has 0 aromatic heterocycles. The molecule has 1 rings (SSSR count). The lowest BCUT2D eigenvalue weighted by atomic mass is 10.0. The lowest BCUT2D eigenvalue weighted by molar-refractivity contribution is -0.117. The number of hydrogen-bond donors (Lipinski definition) is 1. The fourth-order valence-corrected chi connectivity index (χ4v) is 1.52. The molecule has 0 amide bonds. The molecule has 10 heavy (non-hydrogen) atoms. The molecule has 0 unspecified atom stereocenters.